The van der Waals surface area contributed by atoms with E-state index < -0.39 is 11.9 Å². The lowest BCUT2D eigenvalue weighted by Crippen LogP contribution is -2.37. The molecule has 0 atom stereocenters. The van der Waals surface area contributed by atoms with Crippen LogP contribution in [-0.4, -0.2) is 37.7 Å². The Morgan fingerprint density at radius 2 is 1.32 bits per heavy atom. The summed E-state index contributed by atoms with van der Waals surface area (Å²) < 4.78 is 16.0. The Bertz CT molecular complexity index is 347. The first kappa shape index (κ1) is 23.8. The van der Waals surface area contributed by atoms with E-state index in [1.165, 1.54) is 0 Å². The van der Waals surface area contributed by atoms with Crippen LogP contribution in [-0.2, 0) is 33.6 Å². The topological polar surface area (TPSA) is 80.3 Å². The molecular weight excluding hydrogens is 328 g/mol. The highest BCUT2D eigenvalue weighted by Crippen LogP contribution is 2.17. The second kappa shape index (κ2) is 15.1. The monoisotopic (exact) mass is 362 g/mol. The second-order valence-electron chi connectivity index (χ2n) is 5.82. The van der Waals surface area contributed by atoms with E-state index in [0.717, 1.165) is 25.7 Å². The number of ether oxygens (including phenoxy) is 3. The molecule has 0 N–H and O–H groups in total. The zero-order chi connectivity index (χ0) is 19.0. The van der Waals surface area contributed by atoms with Crippen molar-refractivity contribution in [2.45, 2.75) is 85.0 Å². The molecule has 0 aliphatic heterocycles. The minimum atomic E-state index is -1.40. The molecule has 0 aromatic heterocycles. The van der Waals surface area contributed by atoms with Crippen LogP contribution >= 0.6 is 0 Å². The molecule has 0 saturated carbocycles. The lowest BCUT2D eigenvalue weighted by atomic mass is 10.2. The van der Waals surface area contributed by atoms with Gasteiger partial charge in [-0.3, -0.25) is 9.68 Å². The second-order valence-corrected chi connectivity index (χ2v) is 5.82. The van der Waals surface area contributed by atoms with Gasteiger partial charge in [-0.05, 0) is 32.6 Å². The van der Waals surface area contributed by atoms with Crippen LogP contribution in [0.15, 0.2) is 0 Å². The Kier molecular flexibility index (Phi) is 14.4. The summed E-state index contributed by atoms with van der Waals surface area (Å²) in [5.74, 6) is -2.17. The fourth-order valence-corrected chi connectivity index (χ4v) is 1.83. The number of esters is 1. The van der Waals surface area contributed by atoms with E-state index in [2.05, 4.69) is 13.8 Å². The fourth-order valence-electron chi connectivity index (χ4n) is 1.83. The van der Waals surface area contributed by atoms with Crippen molar-refractivity contribution in [1.29, 1.82) is 0 Å². The predicted octanol–water partition coefficient (Wildman–Crippen LogP) is 3.89. The summed E-state index contributed by atoms with van der Waals surface area (Å²) in [6.45, 7) is 8.72. The van der Waals surface area contributed by atoms with E-state index in [9.17, 15) is 9.59 Å². The maximum atomic E-state index is 11.7. The highest BCUT2D eigenvalue weighted by molar-refractivity contribution is 5.70. The molecule has 0 bridgehead atoms. The summed E-state index contributed by atoms with van der Waals surface area (Å²) in [6, 6.07) is 0. The largest absolute Gasteiger partial charge is 0.466 e. The Labute approximate surface area is 151 Å². The van der Waals surface area contributed by atoms with Crippen LogP contribution in [0.25, 0.3) is 0 Å². The van der Waals surface area contributed by atoms with Gasteiger partial charge in [-0.25, -0.2) is 4.79 Å². The van der Waals surface area contributed by atoms with Crippen LogP contribution in [0.5, 0.6) is 0 Å². The van der Waals surface area contributed by atoms with Crippen molar-refractivity contribution in [3.05, 3.63) is 0 Å². The van der Waals surface area contributed by atoms with Crippen LogP contribution in [0.1, 0.15) is 79.1 Å². The minimum absolute atomic E-state index is 0.152. The van der Waals surface area contributed by atoms with Crippen molar-refractivity contribution in [2.24, 2.45) is 0 Å². The van der Waals surface area contributed by atoms with Crippen LogP contribution < -0.4 is 0 Å². The Morgan fingerprint density at radius 3 is 1.80 bits per heavy atom. The van der Waals surface area contributed by atoms with Gasteiger partial charge in [-0.15, -0.1) is 4.89 Å². The molecule has 25 heavy (non-hydrogen) atoms. The zero-order valence-electron chi connectivity index (χ0n) is 16.1. The number of hydrogen-bond acceptors (Lipinski definition) is 7. The lowest BCUT2D eigenvalue weighted by Gasteiger charge is -2.27. The van der Waals surface area contributed by atoms with Crippen LogP contribution in [0, 0.1) is 0 Å². The number of carbonyl (C=O) groups excluding carboxylic acids is 2. The fraction of sp³-hybridized carbons (Fsp3) is 0.889. The van der Waals surface area contributed by atoms with Crippen molar-refractivity contribution >= 4 is 11.9 Å². The van der Waals surface area contributed by atoms with Crippen molar-refractivity contribution in [2.75, 3.05) is 19.8 Å². The third-order valence-electron chi connectivity index (χ3n) is 3.33. The van der Waals surface area contributed by atoms with Gasteiger partial charge < -0.3 is 14.2 Å². The van der Waals surface area contributed by atoms with Gasteiger partial charge >= 0.3 is 17.9 Å². The maximum absolute atomic E-state index is 11.7. The highest BCUT2D eigenvalue weighted by Gasteiger charge is 2.30. The Balaban J connectivity index is 4.10. The standard InChI is InChI=1S/C18H34O7/c1-5-8-14-22-18(4,23-15-9-6-2)25-24-17(20)13-11-10-12-16(19)21-7-3/h5-15H2,1-4H3. The molecule has 0 rings (SSSR count). The van der Waals surface area contributed by atoms with Gasteiger partial charge in [-0.2, -0.15) is 0 Å². The highest BCUT2D eigenvalue weighted by atomic mass is 17.3. The molecule has 0 aromatic carbocycles. The van der Waals surface area contributed by atoms with Gasteiger partial charge in [0.25, 0.3) is 0 Å². The lowest BCUT2D eigenvalue weighted by molar-refractivity contribution is -0.481. The molecule has 0 aromatic rings. The SMILES string of the molecule is CCCCOC(C)(OCCCC)OOC(=O)CCCCC(=O)OCC. The first-order valence-electron chi connectivity index (χ1n) is 9.29. The summed E-state index contributed by atoms with van der Waals surface area (Å²) >= 11 is 0. The van der Waals surface area contributed by atoms with Crippen molar-refractivity contribution in [1.82, 2.24) is 0 Å². The van der Waals surface area contributed by atoms with Gasteiger partial charge in [0.05, 0.1) is 19.8 Å². The molecule has 0 fully saturated rings. The van der Waals surface area contributed by atoms with E-state index in [1.807, 2.05) is 0 Å². The summed E-state index contributed by atoms with van der Waals surface area (Å²) in [5, 5.41) is 0. The molecule has 0 aliphatic carbocycles. The van der Waals surface area contributed by atoms with Crippen molar-refractivity contribution < 1.29 is 33.6 Å². The number of unbranched alkanes of at least 4 members (excludes halogenated alkanes) is 3. The predicted molar refractivity (Wildman–Crippen MR) is 92.4 cm³/mol. The van der Waals surface area contributed by atoms with Gasteiger partial charge in [0.15, 0.2) is 0 Å². The van der Waals surface area contributed by atoms with E-state index in [-0.39, 0.29) is 12.4 Å². The third kappa shape index (κ3) is 13.8. The van der Waals surface area contributed by atoms with E-state index >= 15 is 0 Å². The van der Waals surface area contributed by atoms with Crippen LogP contribution in [0.3, 0.4) is 0 Å². The molecule has 0 amide bonds. The average molecular weight is 362 g/mol. The molecule has 0 heterocycles. The number of carbonyl (C=O) groups is 2. The summed E-state index contributed by atoms with van der Waals surface area (Å²) in [7, 11) is 0. The van der Waals surface area contributed by atoms with E-state index in [0.29, 0.717) is 39.1 Å². The van der Waals surface area contributed by atoms with Crippen LogP contribution in [0.4, 0.5) is 0 Å². The van der Waals surface area contributed by atoms with Gasteiger partial charge in [-0.1, -0.05) is 26.7 Å². The van der Waals surface area contributed by atoms with E-state index in [4.69, 9.17) is 24.0 Å². The zero-order valence-corrected chi connectivity index (χ0v) is 16.1. The van der Waals surface area contributed by atoms with E-state index in [1.54, 1.807) is 13.8 Å². The molecular formula is C18H34O7. The molecule has 0 saturated heterocycles. The summed E-state index contributed by atoms with van der Waals surface area (Å²) in [5.41, 5.74) is 0. The van der Waals surface area contributed by atoms with Crippen molar-refractivity contribution in [3.63, 3.8) is 0 Å². The molecule has 0 radical (unpaired) electrons. The molecule has 0 aliphatic rings. The Hall–Kier alpha value is -1.18. The molecule has 0 unspecified atom stereocenters. The summed E-state index contributed by atoms with van der Waals surface area (Å²) in [6.07, 6.45) is 5.20. The molecule has 0 spiro atoms. The quantitative estimate of drug-likeness (QED) is 0.135. The minimum Gasteiger partial charge on any atom is -0.466 e. The average Bonchev–Trinajstić information content (AvgIpc) is 2.58. The molecule has 148 valence electrons. The number of rotatable bonds is 16. The maximum Gasteiger partial charge on any atom is 0.342 e. The van der Waals surface area contributed by atoms with Crippen LogP contribution in [0.2, 0.25) is 0 Å². The van der Waals surface area contributed by atoms with Gasteiger partial charge in [0.2, 0.25) is 0 Å². The first-order valence-corrected chi connectivity index (χ1v) is 9.29. The first-order chi connectivity index (χ1) is 12.0. The molecule has 7 heteroatoms. The summed E-state index contributed by atoms with van der Waals surface area (Å²) in [4.78, 5) is 32.9. The van der Waals surface area contributed by atoms with Crippen molar-refractivity contribution in [3.8, 4) is 0 Å². The smallest absolute Gasteiger partial charge is 0.342 e. The number of hydrogen-bond donors (Lipinski definition) is 0. The Morgan fingerprint density at radius 1 is 0.800 bits per heavy atom. The van der Waals surface area contributed by atoms with Gasteiger partial charge in [0, 0.05) is 19.8 Å². The third-order valence-corrected chi connectivity index (χ3v) is 3.33. The molecule has 7 nitrogen and oxygen atoms in total. The normalized spacial score (nSPS) is 11.4. The van der Waals surface area contributed by atoms with Gasteiger partial charge in [0.1, 0.15) is 0 Å².